The minimum atomic E-state index is 1.02. The maximum absolute atomic E-state index is 5.27. The molecule has 0 spiro atoms. The lowest BCUT2D eigenvalue weighted by molar-refractivity contribution is 1.42. The smallest absolute Gasteiger partial charge is 0.0793 e. The summed E-state index contributed by atoms with van der Waals surface area (Å²) in [6.45, 7) is 0. The zero-order valence-corrected chi connectivity index (χ0v) is 27.2. The fourth-order valence-corrected chi connectivity index (χ4v) is 8.72. The van der Waals surface area contributed by atoms with Crippen LogP contribution in [0.15, 0.2) is 176 Å². The molecule has 0 fully saturated rings. The summed E-state index contributed by atoms with van der Waals surface area (Å²) in [5, 5.41) is 18.7. The van der Waals surface area contributed by atoms with Gasteiger partial charge in [-0.3, -0.25) is 4.98 Å². The van der Waals surface area contributed by atoms with Crippen LogP contribution in [0.25, 0.3) is 109 Å². The summed E-state index contributed by atoms with van der Waals surface area (Å²) in [6, 6.07) is 62.5. The fourth-order valence-electron chi connectivity index (χ4n) is 8.72. The third kappa shape index (κ3) is 3.80. The van der Waals surface area contributed by atoms with Crippen LogP contribution in [-0.2, 0) is 0 Å². The zero-order chi connectivity index (χ0) is 32.8. The van der Waals surface area contributed by atoms with Crippen LogP contribution in [0.5, 0.6) is 0 Å². The number of fused-ring (bicyclic) bond motifs is 12. The van der Waals surface area contributed by atoms with Crippen molar-refractivity contribution in [3.05, 3.63) is 176 Å². The molecule has 0 atom stereocenters. The molecule has 0 amide bonds. The Hall–Kier alpha value is -6.57. The van der Waals surface area contributed by atoms with Crippen LogP contribution in [0.3, 0.4) is 0 Å². The van der Waals surface area contributed by atoms with E-state index in [1.54, 1.807) is 0 Å². The van der Waals surface area contributed by atoms with Crippen molar-refractivity contribution in [3.8, 4) is 22.3 Å². The van der Waals surface area contributed by atoms with Gasteiger partial charge in [0.2, 0.25) is 0 Å². The van der Waals surface area contributed by atoms with Gasteiger partial charge < -0.3 is 0 Å². The van der Waals surface area contributed by atoms with Crippen LogP contribution in [0.1, 0.15) is 0 Å². The fraction of sp³-hybridized carbons (Fsp3) is 0. The van der Waals surface area contributed by atoms with Crippen molar-refractivity contribution in [2.75, 3.05) is 0 Å². The van der Waals surface area contributed by atoms with Crippen LogP contribution in [0.4, 0.5) is 0 Å². The van der Waals surface area contributed by atoms with Gasteiger partial charge in [-0.05, 0) is 110 Å². The molecule has 1 nitrogen and oxygen atoms in total. The highest BCUT2D eigenvalue weighted by Crippen LogP contribution is 2.49. The highest BCUT2D eigenvalue weighted by atomic mass is 14.7. The Labute approximate surface area is 288 Å². The molecule has 1 aromatic heterocycles. The molecule has 11 aromatic rings. The summed E-state index contributed by atoms with van der Waals surface area (Å²) in [5.41, 5.74) is 5.89. The minimum Gasteiger partial charge on any atom is -0.256 e. The van der Waals surface area contributed by atoms with E-state index in [0.717, 1.165) is 10.9 Å². The van der Waals surface area contributed by atoms with E-state index in [1.807, 2.05) is 6.20 Å². The summed E-state index contributed by atoms with van der Waals surface area (Å²) >= 11 is 0. The minimum absolute atomic E-state index is 1.02. The summed E-state index contributed by atoms with van der Waals surface area (Å²) in [6.07, 6.45) is 1.96. The topological polar surface area (TPSA) is 12.9 Å². The molecule has 10 aromatic carbocycles. The number of aromatic nitrogens is 1. The molecular formula is C49H29N. The van der Waals surface area contributed by atoms with Gasteiger partial charge >= 0.3 is 0 Å². The van der Waals surface area contributed by atoms with Crippen LogP contribution in [0.2, 0.25) is 0 Å². The van der Waals surface area contributed by atoms with Crippen LogP contribution in [-0.4, -0.2) is 4.98 Å². The van der Waals surface area contributed by atoms with Crippen molar-refractivity contribution >= 4 is 86.3 Å². The van der Waals surface area contributed by atoms with E-state index >= 15 is 0 Å². The highest BCUT2D eigenvalue weighted by molar-refractivity contribution is 6.32. The molecule has 0 unspecified atom stereocenters. The zero-order valence-electron chi connectivity index (χ0n) is 27.2. The van der Waals surface area contributed by atoms with E-state index in [9.17, 15) is 0 Å². The molecule has 0 radical (unpaired) electrons. The lowest BCUT2D eigenvalue weighted by Crippen LogP contribution is -1.95. The highest BCUT2D eigenvalue weighted by Gasteiger charge is 2.23. The van der Waals surface area contributed by atoms with E-state index in [4.69, 9.17) is 4.98 Å². The summed E-state index contributed by atoms with van der Waals surface area (Å²) in [4.78, 5) is 5.27. The quantitative estimate of drug-likeness (QED) is 0.137. The Balaban J connectivity index is 1.37. The lowest BCUT2D eigenvalue weighted by atomic mass is 9.82. The van der Waals surface area contributed by atoms with Crippen molar-refractivity contribution in [1.82, 2.24) is 4.98 Å². The summed E-state index contributed by atoms with van der Waals surface area (Å²) < 4.78 is 0. The number of hydrogen-bond donors (Lipinski definition) is 0. The van der Waals surface area contributed by atoms with Crippen molar-refractivity contribution in [2.24, 2.45) is 0 Å². The Kier molecular flexibility index (Phi) is 5.73. The van der Waals surface area contributed by atoms with Crippen LogP contribution >= 0.6 is 0 Å². The standard InChI is InChI=1S/C49H29N/c1-7-18-36-30(12-1)23-25-40-34-16-5-3-14-32(34)28-43(45(36)40)47-38-20-9-10-21-39(38)48(49-42(47)22-11-27-50-49)44-29-33-15-4-6-17-35(33)41-26-24-31-13-2-8-19-37(31)46(41)44/h1-29H. The molecule has 50 heavy (non-hydrogen) atoms. The number of rotatable bonds is 2. The van der Waals surface area contributed by atoms with Crippen LogP contribution in [0, 0.1) is 0 Å². The Morgan fingerprint density at radius 2 is 0.700 bits per heavy atom. The second-order valence-electron chi connectivity index (χ2n) is 13.4. The van der Waals surface area contributed by atoms with Gasteiger partial charge in [-0.15, -0.1) is 0 Å². The first kappa shape index (κ1) is 27.4. The molecular weight excluding hydrogens is 603 g/mol. The third-order valence-electron chi connectivity index (χ3n) is 10.8. The van der Waals surface area contributed by atoms with E-state index in [-0.39, 0.29) is 0 Å². The number of pyridine rings is 1. The first-order chi connectivity index (χ1) is 24.8. The Bertz CT molecular complexity index is 2930. The summed E-state index contributed by atoms with van der Waals surface area (Å²) in [7, 11) is 0. The maximum atomic E-state index is 5.27. The molecule has 0 aliphatic carbocycles. The van der Waals surface area contributed by atoms with E-state index in [2.05, 4.69) is 170 Å². The molecule has 0 N–H and O–H groups in total. The molecule has 0 saturated heterocycles. The molecule has 11 rings (SSSR count). The Morgan fingerprint density at radius 1 is 0.280 bits per heavy atom. The SMILES string of the molecule is c1ccc2c(c1)cc(-c1c3ccccc3c(-c3cc4ccccc4c4ccc5ccccc5c34)c3ncccc13)c1c3ccccc3ccc21. The van der Waals surface area contributed by atoms with Crippen molar-refractivity contribution in [1.29, 1.82) is 0 Å². The number of benzene rings is 10. The number of nitrogens with zero attached hydrogens (tertiary/aromatic N) is 1. The maximum Gasteiger partial charge on any atom is 0.0793 e. The van der Waals surface area contributed by atoms with Gasteiger partial charge in [-0.25, -0.2) is 0 Å². The molecule has 1 heterocycles. The monoisotopic (exact) mass is 631 g/mol. The Morgan fingerprint density at radius 3 is 1.26 bits per heavy atom. The van der Waals surface area contributed by atoms with Crippen molar-refractivity contribution < 1.29 is 0 Å². The van der Waals surface area contributed by atoms with E-state index in [0.29, 0.717) is 0 Å². The van der Waals surface area contributed by atoms with Gasteiger partial charge in [-0.2, -0.15) is 0 Å². The second-order valence-corrected chi connectivity index (χ2v) is 13.4. The van der Waals surface area contributed by atoms with Gasteiger partial charge in [-0.1, -0.05) is 152 Å². The molecule has 0 aliphatic heterocycles. The summed E-state index contributed by atoms with van der Waals surface area (Å²) in [5.74, 6) is 0. The predicted molar refractivity (Wildman–Crippen MR) is 215 cm³/mol. The second kappa shape index (κ2) is 10.5. The van der Waals surface area contributed by atoms with Gasteiger partial charge in [0.05, 0.1) is 5.52 Å². The lowest BCUT2D eigenvalue weighted by Gasteiger charge is -2.21. The first-order valence-electron chi connectivity index (χ1n) is 17.3. The average molecular weight is 632 g/mol. The van der Waals surface area contributed by atoms with E-state index in [1.165, 1.54) is 97.7 Å². The van der Waals surface area contributed by atoms with E-state index < -0.39 is 0 Å². The molecule has 0 aliphatic rings. The number of hydrogen-bond acceptors (Lipinski definition) is 1. The molecule has 1 heteroatoms. The van der Waals surface area contributed by atoms with Gasteiger partial charge in [0, 0.05) is 17.1 Å². The predicted octanol–water partition coefficient (Wildman–Crippen LogP) is 13.6. The molecule has 0 saturated carbocycles. The normalized spacial score (nSPS) is 12.0. The van der Waals surface area contributed by atoms with Gasteiger partial charge in [0.15, 0.2) is 0 Å². The largest absolute Gasteiger partial charge is 0.256 e. The van der Waals surface area contributed by atoms with Crippen molar-refractivity contribution in [3.63, 3.8) is 0 Å². The first-order valence-corrected chi connectivity index (χ1v) is 17.3. The van der Waals surface area contributed by atoms with Gasteiger partial charge in [0.25, 0.3) is 0 Å². The third-order valence-corrected chi connectivity index (χ3v) is 10.8. The molecule has 0 bridgehead atoms. The van der Waals surface area contributed by atoms with Crippen LogP contribution < -0.4 is 0 Å². The molecule has 230 valence electrons. The average Bonchev–Trinajstić information content (AvgIpc) is 3.19. The van der Waals surface area contributed by atoms with Gasteiger partial charge in [0.1, 0.15) is 0 Å². The van der Waals surface area contributed by atoms with Crippen molar-refractivity contribution in [2.45, 2.75) is 0 Å².